The van der Waals surface area contributed by atoms with E-state index < -0.39 is 0 Å². The number of amides is 2. The highest BCUT2D eigenvalue weighted by Gasteiger charge is 2.45. The number of rotatable bonds is 7. The van der Waals surface area contributed by atoms with Gasteiger partial charge in [0.1, 0.15) is 11.9 Å². The molecular weight excluding hydrogens is 419 g/mol. The number of halogens is 1. The maximum Gasteiger partial charge on any atom is 0.239 e. The van der Waals surface area contributed by atoms with Gasteiger partial charge in [-0.1, -0.05) is 16.6 Å². The number of carbonyl (C=O) groups excluding carboxylic acids is 2. The van der Waals surface area contributed by atoms with Crippen molar-refractivity contribution in [2.75, 3.05) is 20.1 Å². The molecule has 3 atom stereocenters. The minimum Gasteiger partial charge on any atom is -0.353 e. The Balaban J connectivity index is 1.30. The third-order valence-corrected chi connectivity index (χ3v) is 6.78. The van der Waals surface area contributed by atoms with Crippen LogP contribution in [0.2, 0.25) is 0 Å². The van der Waals surface area contributed by atoms with E-state index in [9.17, 15) is 14.0 Å². The van der Waals surface area contributed by atoms with Crippen LogP contribution >= 0.6 is 11.5 Å². The Morgan fingerprint density at radius 3 is 2.90 bits per heavy atom. The van der Waals surface area contributed by atoms with Crippen LogP contribution in [0, 0.1) is 5.82 Å². The zero-order chi connectivity index (χ0) is 21.8. The first kappa shape index (κ1) is 21.8. The standard InChI is InChI=1S/C21H27FN6O2S/c1-27-17(6-7-19(29)23-10-14-2-4-15(22)5-3-14)11-24-21(30)20-18(27)8-9-28(20)12-16-13-31-26-25-16/h2-5,13,17-18,20H,6-12H2,1H3,(H,23,29)(H,24,30)/t17-,18-,20-/m0/s1. The summed E-state index contributed by atoms with van der Waals surface area (Å²) in [6.45, 7) is 2.35. The molecule has 2 aromatic rings. The molecule has 0 spiro atoms. The third-order valence-electron chi connectivity index (χ3n) is 6.23. The fourth-order valence-corrected chi connectivity index (χ4v) is 4.92. The Kier molecular flexibility index (Phi) is 6.89. The second-order valence-corrected chi connectivity index (χ2v) is 8.78. The van der Waals surface area contributed by atoms with Gasteiger partial charge in [0.15, 0.2) is 0 Å². The maximum atomic E-state index is 13.0. The van der Waals surface area contributed by atoms with Crippen LogP contribution in [0.1, 0.15) is 30.5 Å². The summed E-state index contributed by atoms with van der Waals surface area (Å²) in [6.07, 6.45) is 1.93. The average molecular weight is 447 g/mol. The molecule has 1 aromatic carbocycles. The molecular formula is C21H27FN6O2S. The molecule has 2 aliphatic rings. The van der Waals surface area contributed by atoms with E-state index in [0.717, 1.165) is 24.2 Å². The smallest absolute Gasteiger partial charge is 0.239 e. The number of carbonyl (C=O) groups is 2. The van der Waals surface area contributed by atoms with Crippen molar-refractivity contribution in [3.63, 3.8) is 0 Å². The van der Waals surface area contributed by atoms with Crippen molar-refractivity contribution in [3.05, 3.63) is 46.7 Å². The molecule has 0 unspecified atom stereocenters. The number of nitrogens with zero attached hydrogens (tertiary/aromatic N) is 4. The van der Waals surface area contributed by atoms with Gasteiger partial charge in [-0.3, -0.25) is 19.4 Å². The second kappa shape index (κ2) is 9.80. The number of aromatic nitrogens is 2. The quantitative estimate of drug-likeness (QED) is 0.663. The van der Waals surface area contributed by atoms with Crippen LogP contribution in [0.25, 0.3) is 0 Å². The summed E-state index contributed by atoms with van der Waals surface area (Å²) in [5, 5.41) is 12.0. The molecule has 2 amide bonds. The van der Waals surface area contributed by atoms with Crippen LogP contribution in [0.3, 0.4) is 0 Å². The minimum atomic E-state index is -0.291. The van der Waals surface area contributed by atoms with Gasteiger partial charge in [0.05, 0.1) is 5.69 Å². The van der Waals surface area contributed by atoms with Crippen molar-refractivity contribution >= 4 is 23.3 Å². The van der Waals surface area contributed by atoms with Crippen molar-refractivity contribution in [1.82, 2.24) is 30.0 Å². The lowest BCUT2D eigenvalue weighted by Gasteiger charge is -2.33. The monoisotopic (exact) mass is 446 g/mol. The third kappa shape index (κ3) is 5.25. The Morgan fingerprint density at radius 2 is 2.16 bits per heavy atom. The lowest BCUT2D eigenvalue weighted by atomic mass is 10.0. The first-order valence-corrected chi connectivity index (χ1v) is 11.4. The van der Waals surface area contributed by atoms with Crippen molar-refractivity contribution < 1.29 is 14.0 Å². The van der Waals surface area contributed by atoms with Gasteiger partial charge in [-0.2, -0.15) is 0 Å². The fraction of sp³-hybridized carbons (Fsp3) is 0.524. The van der Waals surface area contributed by atoms with E-state index in [4.69, 9.17) is 0 Å². The highest BCUT2D eigenvalue weighted by atomic mass is 32.1. The first-order chi connectivity index (χ1) is 15.0. The van der Waals surface area contributed by atoms with Crippen molar-refractivity contribution in [2.45, 2.75) is 50.5 Å². The van der Waals surface area contributed by atoms with Gasteiger partial charge in [0.25, 0.3) is 0 Å². The van der Waals surface area contributed by atoms with E-state index in [2.05, 4.69) is 30.0 Å². The molecule has 1 aromatic heterocycles. The predicted octanol–water partition coefficient (Wildman–Crippen LogP) is 1.15. The van der Waals surface area contributed by atoms with Gasteiger partial charge in [-0.25, -0.2) is 4.39 Å². The molecule has 2 aliphatic heterocycles. The minimum absolute atomic E-state index is 0.0424. The molecule has 2 fully saturated rings. The molecule has 10 heteroatoms. The average Bonchev–Trinajstić information content (AvgIpc) is 3.40. The zero-order valence-corrected chi connectivity index (χ0v) is 18.3. The Labute approximate surface area is 185 Å². The molecule has 0 saturated carbocycles. The lowest BCUT2D eigenvalue weighted by molar-refractivity contribution is -0.126. The van der Waals surface area contributed by atoms with E-state index in [0.29, 0.717) is 32.5 Å². The molecule has 2 saturated heterocycles. The van der Waals surface area contributed by atoms with E-state index in [1.807, 2.05) is 12.4 Å². The maximum absolute atomic E-state index is 13.0. The number of hydrogen-bond acceptors (Lipinski definition) is 7. The van der Waals surface area contributed by atoms with Crippen molar-refractivity contribution in [1.29, 1.82) is 0 Å². The highest BCUT2D eigenvalue weighted by molar-refractivity contribution is 7.03. The summed E-state index contributed by atoms with van der Waals surface area (Å²) in [4.78, 5) is 29.6. The van der Waals surface area contributed by atoms with E-state index in [1.165, 1.54) is 23.7 Å². The molecule has 4 rings (SSSR count). The Hall–Kier alpha value is -2.43. The molecule has 0 bridgehead atoms. The molecule has 3 heterocycles. The summed E-state index contributed by atoms with van der Waals surface area (Å²) in [5.41, 5.74) is 1.75. The number of benzene rings is 1. The van der Waals surface area contributed by atoms with Crippen LogP contribution in [-0.2, 0) is 22.7 Å². The second-order valence-electron chi connectivity index (χ2n) is 8.17. The van der Waals surface area contributed by atoms with Gasteiger partial charge in [-0.15, -0.1) is 5.10 Å². The number of fused-ring (bicyclic) bond motifs is 1. The van der Waals surface area contributed by atoms with Crippen molar-refractivity contribution in [3.8, 4) is 0 Å². The lowest BCUT2D eigenvalue weighted by Crippen LogP contribution is -2.49. The number of likely N-dealkylation sites (tertiary alicyclic amines) is 1. The largest absolute Gasteiger partial charge is 0.353 e. The molecule has 2 N–H and O–H groups in total. The SMILES string of the molecule is CN1[C@@H](CCC(=O)NCc2ccc(F)cc2)CNC(=O)[C@@H]2[C@@H]1CCN2Cc1csnn1. The molecule has 8 nitrogen and oxygen atoms in total. The topological polar surface area (TPSA) is 90.5 Å². The van der Waals surface area contributed by atoms with E-state index in [1.54, 1.807) is 12.1 Å². The summed E-state index contributed by atoms with van der Waals surface area (Å²) >= 11 is 1.32. The zero-order valence-electron chi connectivity index (χ0n) is 17.5. The van der Waals surface area contributed by atoms with Gasteiger partial charge < -0.3 is 10.6 Å². The summed E-state index contributed by atoms with van der Waals surface area (Å²) in [6, 6.07) is 6.09. The van der Waals surface area contributed by atoms with Gasteiger partial charge in [0.2, 0.25) is 11.8 Å². The van der Waals surface area contributed by atoms with Gasteiger partial charge in [-0.05, 0) is 49.1 Å². The predicted molar refractivity (Wildman–Crippen MR) is 115 cm³/mol. The van der Waals surface area contributed by atoms with Gasteiger partial charge in [0, 0.05) is 50.1 Å². The van der Waals surface area contributed by atoms with Crippen LogP contribution in [0.15, 0.2) is 29.6 Å². The van der Waals surface area contributed by atoms with E-state index >= 15 is 0 Å². The van der Waals surface area contributed by atoms with Crippen LogP contribution in [0.5, 0.6) is 0 Å². The number of hydrogen-bond donors (Lipinski definition) is 2. The Bertz CT molecular complexity index is 894. The summed E-state index contributed by atoms with van der Waals surface area (Å²) in [5.74, 6) is -0.296. The number of nitrogens with one attached hydrogen (secondary N) is 2. The Morgan fingerprint density at radius 1 is 1.35 bits per heavy atom. The molecule has 0 aliphatic carbocycles. The summed E-state index contributed by atoms with van der Waals surface area (Å²) < 4.78 is 16.9. The van der Waals surface area contributed by atoms with Crippen LogP contribution in [0.4, 0.5) is 4.39 Å². The molecule has 166 valence electrons. The van der Waals surface area contributed by atoms with Crippen molar-refractivity contribution in [2.24, 2.45) is 0 Å². The van der Waals surface area contributed by atoms with Crippen LogP contribution in [-0.4, -0.2) is 69.5 Å². The number of likely N-dealkylation sites (N-methyl/N-ethyl adjacent to an activating group) is 1. The first-order valence-electron chi connectivity index (χ1n) is 10.5. The molecule has 31 heavy (non-hydrogen) atoms. The van der Waals surface area contributed by atoms with Crippen LogP contribution < -0.4 is 10.6 Å². The fourth-order valence-electron chi connectivity index (χ4n) is 4.48. The normalized spacial score (nSPS) is 24.5. The van der Waals surface area contributed by atoms with E-state index in [-0.39, 0.29) is 35.8 Å². The molecule has 0 radical (unpaired) electrons. The highest BCUT2D eigenvalue weighted by Crippen LogP contribution is 2.28. The summed E-state index contributed by atoms with van der Waals surface area (Å²) in [7, 11) is 2.05. The van der Waals surface area contributed by atoms with Gasteiger partial charge >= 0.3 is 0 Å².